The first kappa shape index (κ1) is 11.2. The van der Waals surface area contributed by atoms with Gasteiger partial charge in [0.2, 0.25) is 0 Å². The molecule has 1 heterocycles. The van der Waals surface area contributed by atoms with Crippen molar-refractivity contribution in [1.29, 1.82) is 0 Å². The minimum Gasteiger partial charge on any atom is -0.385 e. The summed E-state index contributed by atoms with van der Waals surface area (Å²) in [7, 11) is 0. The third-order valence-corrected chi connectivity index (χ3v) is 3.11. The molecule has 84 valence electrons. The molecule has 0 amide bonds. The average molecular weight is 235 g/mol. The van der Waals surface area contributed by atoms with E-state index in [2.05, 4.69) is 30.2 Å². The zero-order valence-corrected chi connectivity index (χ0v) is 10.5. The lowest BCUT2D eigenvalue weighted by Crippen LogP contribution is -2.03. The number of rotatable bonds is 2. The minimum absolute atomic E-state index is 0.708. The number of fused-ring (bicyclic) bond motifs is 1. The van der Waals surface area contributed by atoms with Gasteiger partial charge in [-0.05, 0) is 32.4 Å². The van der Waals surface area contributed by atoms with Gasteiger partial charge in [-0.15, -0.1) is 0 Å². The number of pyridine rings is 1. The Morgan fingerprint density at radius 1 is 1.31 bits per heavy atom. The van der Waals surface area contributed by atoms with E-state index in [0.29, 0.717) is 5.02 Å². The van der Waals surface area contributed by atoms with Crippen molar-refractivity contribution in [2.75, 3.05) is 11.9 Å². The highest BCUT2D eigenvalue weighted by molar-refractivity contribution is 6.35. The molecule has 1 N–H and O–H groups in total. The van der Waals surface area contributed by atoms with Gasteiger partial charge in [0.1, 0.15) is 0 Å². The fraction of sp³-hybridized carbons (Fsp3) is 0.308. The van der Waals surface area contributed by atoms with Gasteiger partial charge in [0.05, 0.1) is 10.5 Å². The van der Waals surface area contributed by atoms with Crippen LogP contribution in [0.1, 0.15) is 18.2 Å². The van der Waals surface area contributed by atoms with Crippen molar-refractivity contribution < 1.29 is 0 Å². The van der Waals surface area contributed by atoms with Gasteiger partial charge in [-0.3, -0.25) is 4.98 Å². The molecule has 3 heteroatoms. The van der Waals surface area contributed by atoms with Crippen LogP contribution in [0.25, 0.3) is 10.9 Å². The SMILES string of the molecule is CCNc1c(C)c(C)nc2c(Cl)cccc12. The number of hydrogen-bond donors (Lipinski definition) is 1. The van der Waals surface area contributed by atoms with Gasteiger partial charge in [-0.1, -0.05) is 23.7 Å². The van der Waals surface area contributed by atoms with Gasteiger partial charge in [-0.25, -0.2) is 0 Å². The van der Waals surface area contributed by atoms with E-state index in [1.54, 1.807) is 0 Å². The number of benzene rings is 1. The molecule has 2 rings (SSSR count). The van der Waals surface area contributed by atoms with Crippen molar-refractivity contribution in [3.63, 3.8) is 0 Å². The second-order valence-electron chi connectivity index (χ2n) is 3.86. The predicted octanol–water partition coefficient (Wildman–Crippen LogP) is 3.94. The van der Waals surface area contributed by atoms with Crippen LogP contribution in [0.3, 0.4) is 0 Å². The summed E-state index contributed by atoms with van der Waals surface area (Å²) in [6.07, 6.45) is 0. The molecular weight excluding hydrogens is 220 g/mol. The maximum absolute atomic E-state index is 6.16. The Bertz CT molecular complexity index is 535. The topological polar surface area (TPSA) is 24.9 Å². The molecule has 0 radical (unpaired) electrons. The largest absolute Gasteiger partial charge is 0.385 e. The van der Waals surface area contributed by atoms with Crippen LogP contribution in [0, 0.1) is 13.8 Å². The second-order valence-corrected chi connectivity index (χ2v) is 4.27. The summed E-state index contributed by atoms with van der Waals surface area (Å²) in [6, 6.07) is 5.89. The Kier molecular flexibility index (Phi) is 3.01. The number of anilines is 1. The lowest BCUT2D eigenvalue weighted by atomic mass is 10.1. The third kappa shape index (κ3) is 1.74. The number of aromatic nitrogens is 1. The Labute approximate surface area is 101 Å². The van der Waals surface area contributed by atoms with Crippen molar-refractivity contribution in [2.24, 2.45) is 0 Å². The molecule has 0 aliphatic carbocycles. The van der Waals surface area contributed by atoms with Crippen molar-refractivity contribution in [3.05, 3.63) is 34.5 Å². The molecule has 1 aromatic heterocycles. The molecule has 0 aliphatic heterocycles. The summed E-state index contributed by atoms with van der Waals surface area (Å²) in [4.78, 5) is 4.55. The minimum atomic E-state index is 0.708. The van der Waals surface area contributed by atoms with Gasteiger partial charge >= 0.3 is 0 Å². The molecule has 0 aliphatic rings. The molecule has 0 atom stereocenters. The van der Waals surface area contributed by atoms with Crippen LogP contribution in [0.15, 0.2) is 18.2 Å². The van der Waals surface area contributed by atoms with E-state index in [-0.39, 0.29) is 0 Å². The summed E-state index contributed by atoms with van der Waals surface area (Å²) in [5, 5.41) is 5.19. The zero-order chi connectivity index (χ0) is 11.7. The van der Waals surface area contributed by atoms with Crippen LogP contribution in [0.4, 0.5) is 5.69 Å². The number of halogens is 1. The Balaban J connectivity index is 2.83. The molecule has 2 aromatic rings. The first-order valence-corrected chi connectivity index (χ1v) is 5.82. The first-order chi connectivity index (χ1) is 7.65. The fourth-order valence-electron chi connectivity index (χ4n) is 1.87. The highest BCUT2D eigenvalue weighted by Crippen LogP contribution is 2.31. The van der Waals surface area contributed by atoms with E-state index in [1.165, 1.54) is 5.56 Å². The Morgan fingerprint density at radius 2 is 2.06 bits per heavy atom. The van der Waals surface area contributed by atoms with E-state index in [0.717, 1.165) is 28.8 Å². The van der Waals surface area contributed by atoms with Crippen LogP contribution in [0.2, 0.25) is 5.02 Å². The third-order valence-electron chi connectivity index (χ3n) is 2.81. The number of para-hydroxylation sites is 1. The Morgan fingerprint density at radius 3 is 2.75 bits per heavy atom. The van der Waals surface area contributed by atoms with Crippen LogP contribution in [-0.4, -0.2) is 11.5 Å². The molecule has 0 spiro atoms. The lowest BCUT2D eigenvalue weighted by Gasteiger charge is -2.13. The molecule has 2 nitrogen and oxygen atoms in total. The van der Waals surface area contributed by atoms with Crippen molar-refractivity contribution in [1.82, 2.24) is 4.98 Å². The maximum atomic E-state index is 6.16. The highest BCUT2D eigenvalue weighted by atomic mass is 35.5. The molecule has 0 saturated carbocycles. The lowest BCUT2D eigenvalue weighted by molar-refractivity contribution is 1.16. The van der Waals surface area contributed by atoms with E-state index in [9.17, 15) is 0 Å². The van der Waals surface area contributed by atoms with Gasteiger partial charge in [0, 0.05) is 23.3 Å². The van der Waals surface area contributed by atoms with Crippen molar-refractivity contribution >= 4 is 28.2 Å². The fourth-order valence-corrected chi connectivity index (χ4v) is 2.09. The van der Waals surface area contributed by atoms with Crippen LogP contribution in [-0.2, 0) is 0 Å². The molecular formula is C13H15ClN2. The number of nitrogens with zero attached hydrogens (tertiary/aromatic N) is 1. The number of hydrogen-bond acceptors (Lipinski definition) is 2. The summed E-state index contributed by atoms with van der Waals surface area (Å²) < 4.78 is 0. The van der Waals surface area contributed by atoms with Crippen molar-refractivity contribution in [2.45, 2.75) is 20.8 Å². The highest BCUT2D eigenvalue weighted by Gasteiger charge is 2.10. The van der Waals surface area contributed by atoms with Gasteiger partial charge in [0.15, 0.2) is 0 Å². The van der Waals surface area contributed by atoms with Crippen LogP contribution < -0.4 is 5.32 Å². The summed E-state index contributed by atoms with van der Waals surface area (Å²) in [5.74, 6) is 0. The summed E-state index contributed by atoms with van der Waals surface area (Å²) in [6.45, 7) is 7.08. The number of nitrogens with one attached hydrogen (secondary N) is 1. The smallest absolute Gasteiger partial charge is 0.0912 e. The molecule has 1 aromatic carbocycles. The average Bonchev–Trinajstić information content (AvgIpc) is 2.26. The normalized spacial score (nSPS) is 10.8. The first-order valence-electron chi connectivity index (χ1n) is 5.44. The van der Waals surface area contributed by atoms with Gasteiger partial charge in [0.25, 0.3) is 0 Å². The molecule has 16 heavy (non-hydrogen) atoms. The van der Waals surface area contributed by atoms with Crippen LogP contribution >= 0.6 is 11.6 Å². The summed E-state index contributed by atoms with van der Waals surface area (Å²) >= 11 is 6.16. The van der Waals surface area contributed by atoms with Crippen molar-refractivity contribution in [3.8, 4) is 0 Å². The van der Waals surface area contributed by atoms with Crippen LogP contribution in [0.5, 0.6) is 0 Å². The Hall–Kier alpha value is -1.28. The van der Waals surface area contributed by atoms with Gasteiger partial charge < -0.3 is 5.32 Å². The predicted molar refractivity (Wildman–Crippen MR) is 70.4 cm³/mol. The van der Waals surface area contributed by atoms with E-state index < -0.39 is 0 Å². The zero-order valence-electron chi connectivity index (χ0n) is 9.76. The van der Waals surface area contributed by atoms with E-state index in [4.69, 9.17) is 11.6 Å². The monoisotopic (exact) mass is 234 g/mol. The van der Waals surface area contributed by atoms with E-state index >= 15 is 0 Å². The maximum Gasteiger partial charge on any atom is 0.0912 e. The molecule has 0 fully saturated rings. The number of aryl methyl sites for hydroxylation is 1. The quantitative estimate of drug-likeness (QED) is 0.852. The van der Waals surface area contributed by atoms with E-state index in [1.807, 2.05) is 19.1 Å². The molecule has 0 bridgehead atoms. The second kappa shape index (κ2) is 4.30. The molecule has 0 unspecified atom stereocenters. The standard InChI is InChI=1S/C13H15ClN2/c1-4-15-12-8(2)9(3)16-13-10(12)6-5-7-11(13)14/h5-7H,4H2,1-3H3,(H,15,16). The molecule has 0 saturated heterocycles. The summed E-state index contributed by atoms with van der Waals surface area (Å²) in [5.41, 5.74) is 4.24. The van der Waals surface area contributed by atoms with Gasteiger partial charge in [-0.2, -0.15) is 0 Å².